The molecule has 2 aliphatic rings. The average molecular weight is 359 g/mol. The lowest BCUT2D eigenvalue weighted by molar-refractivity contribution is 0.495. The van der Waals surface area contributed by atoms with Crippen LogP contribution in [-0.4, -0.2) is 29.1 Å². The second-order valence-electron chi connectivity index (χ2n) is 7.14. The molecule has 1 aromatic heterocycles. The van der Waals surface area contributed by atoms with Crippen molar-refractivity contribution in [2.24, 2.45) is 11.7 Å². The fourth-order valence-electron chi connectivity index (χ4n) is 3.14. The van der Waals surface area contributed by atoms with Crippen molar-refractivity contribution in [2.75, 3.05) is 18.0 Å². The lowest BCUT2D eigenvalue weighted by atomic mass is 10.1. The Hall–Kier alpha value is -3.09. The normalized spacial score (nSPS) is 17.1. The van der Waals surface area contributed by atoms with Gasteiger partial charge in [0.25, 0.3) is 5.56 Å². The van der Waals surface area contributed by atoms with Gasteiger partial charge in [0.2, 0.25) is 5.95 Å². The van der Waals surface area contributed by atoms with Crippen LogP contribution in [0.4, 0.5) is 11.6 Å². The predicted molar refractivity (Wildman–Crippen MR) is 106 cm³/mol. The molecule has 0 unspecified atom stereocenters. The minimum absolute atomic E-state index is 0.206. The standard InChI is InChI=1S/C21H21N5O/c1-23-17-7-5-15(6-8-17)19-18(9-4-14-2-3-14)20(27)25-21(24-19)26-12-10-16(22)11-13-26/h5-8,14,16H,2-3,10-13,22H2,(H,24,25,27). The SMILES string of the molecule is [C-]#[N+]c1ccc(-c2nc(N3CCC(N)CC3)[nH]c(=O)c2C#CC2CC2)cc1. The largest absolute Gasteiger partial charge is 0.342 e. The minimum Gasteiger partial charge on any atom is -0.342 e. The number of piperidine rings is 1. The van der Waals surface area contributed by atoms with E-state index in [4.69, 9.17) is 17.3 Å². The molecular formula is C21H21N5O. The van der Waals surface area contributed by atoms with Gasteiger partial charge in [0.05, 0.1) is 12.3 Å². The van der Waals surface area contributed by atoms with E-state index in [0.29, 0.717) is 28.8 Å². The van der Waals surface area contributed by atoms with Crippen molar-refractivity contribution in [3.05, 3.63) is 51.6 Å². The fraction of sp³-hybridized carbons (Fsp3) is 0.381. The zero-order valence-corrected chi connectivity index (χ0v) is 15.0. The molecule has 6 heteroatoms. The smallest absolute Gasteiger partial charge is 0.268 e. The highest BCUT2D eigenvalue weighted by Crippen LogP contribution is 2.28. The second-order valence-corrected chi connectivity index (χ2v) is 7.14. The van der Waals surface area contributed by atoms with Crippen LogP contribution in [0.25, 0.3) is 16.1 Å². The van der Waals surface area contributed by atoms with Crippen LogP contribution in [0.2, 0.25) is 0 Å². The number of hydrogen-bond acceptors (Lipinski definition) is 4. The van der Waals surface area contributed by atoms with Crippen LogP contribution in [0.5, 0.6) is 0 Å². The molecule has 2 fully saturated rings. The highest BCUT2D eigenvalue weighted by Gasteiger charge is 2.22. The van der Waals surface area contributed by atoms with Crippen LogP contribution in [0.3, 0.4) is 0 Å². The topological polar surface area (TPSA) is 79.4 Å². The van der Waals surface area contributed by atoms with Gasteiger partial charge in [-0.15, -0.1) is 0 Å². The van der Waals surface area contributed by atoms with Crippen LogP contribution >= 0.6 is 0 Å². The Morgan fingerprint density at radius 2 is 1.89 bits per heavy atom. The van der Waals surface area contributed by atoms with E-state index in [9.17, 15) is 4.79 Å². The van der Waals surface area contributed by atoms with Crippen LogP contribution in [-0.2, 0) is 0 Å². The summed E-state index contributed by atoms with van der Waals surface area (Å²) in [6, 6.07) is 7.34. The van der Waals surface area contributed by atoms with Gasteiger partial charge in [-0.05, 0) is 31.2 Å². The summed E-state index contributed by atoms with van der Waals surface area (Å²) in [4.78, 5) is 26.0. The van der Waals surface area contributed by atoms with E-state index in [2.05, 4.69) is 26.6 Å². The molecule has 1 aromatic carbocycles. The molecule has 0 spiro atoms. The van der Waals surface area contributed by atoms with E-state index in [1.165, 1.54) is 0 Å². The van der Waals surface area contributed by atoms with Crippen molar-refractivity contribution in [1.82, 2.24) is 9.97 Å². The van der Waals surface area contributed by atoms with E-state index in [1.807, 2.05) is 12.1 Å². The molecule has 3 N–H and O–H groups in total. The Labute approximate surface area is 158 Å². The number of nitrogens with two attached hydrogens (primary N) is 1. The van der Waals surface area contributed by atoms with E-state index < -0.39 is 0 Å². The van der Waals surface area contributed by atoms with Crippen LogP contribution in [0.1, 0.15) is 31.2 Å². The van der Waals surface area contributed by atoms with Crippen LogP contribution in [0.15, 0.2) is 29.1 Å². The summed E-state index contributed by atoms with van der Waals surface area (Å²) in [5.41, 5.74) is 8.10. The first-order valence-corrected chi connectivity index (χ1v) is 9.28. The summed E-state index contributed by atoms with van der Waals surface area (Å²) in [5.74, 6) is 7.17. The highest BCUT2D eigenvalue weighted by atomic mass is 16.1. The number of aromatic nitrogens is 2. The molecule has 27 heavy (non-hydrogen) atoms. The van der Waals surface area contributed by atoms with Gasteiger partial charge in [0.15, 0.2) is 5.69 Å². The van der Waals surface area contributed by atoms with Crippen molar-refractivity contribution < 1.29 is 0 Å². The number of hydrogen-bond donors (Lipinski definition) is 2. The maximum Gasteiger partial charge on any atom is 0.268 e. The summed E-state index contributed by atoms with van der Waals surface area (Å²) >= 11 is 0. The molecule has 2 heterocycles. The third-order valence-corrected chi connectivity index (χ3v) is 4.99. The van der Waals surface area contributed by atoms with Crippen molar-refractivity contribution in [3.8, 4) is 23.1 Å². The zero-order chi connectivity index (χ0) is 18.8. The second kappa shape index (κ2) is 7.26. The average Bonchev–Trinajstić information content (AvgIpc) is 3.52. The van der Waals surface area contributed by atoms with Gasteiger partial charge in [-0.3, -0.25) is 9.78 Å². The number of aromatic amines is 1. The Balaban J connectivity index is 1.78. The third kappa shape index (κ3) is 3.86. The Morgan fingerprint density at radius 1 is 1.19 bits per heavy atom. The van der Waals surface area contributed by atoms with Gasteiger partial charge in [-0.2, -0.15) is 0 Å². The first-order chi connectivity index (χ1) is 13.1. The number of benzene rings is 1. The molecule has 6 nitrogen and oxygen atoms in total. The van der Waals surface area contributed by atoms with Crippen molar-refractivity contribution >= 4 is 11.6 Å². The van der Waals surface area contributed by atoms with Gasteiger partial charge in [-0.25, -0.2) is 9.83 Å². The fourth-order valence-corrected chi connectivity index (χ4v) is 3.14. The van der Waals surface area contributed by atoms with Crippen molar-refractivity contribution in [1.29, 1.82) is 0 Å². The first-order valence-electron chi connectivity index (χ1n) is 9.28. The lowest BCUT2D eigenvalue weighted by Crippen LogP contribution is -2.41. The van der Waals surface area contributed by atoms with E-state index in [0.717, 1.165) is 44.3 Å². The van der Waals surface area contributed by atoms with Crippen LogP contribution in [0, 0.1) is 24.3 Å². The molecular weight excluding hydrogens is 338 g/mol. The van der Waals surface area contributed by atoms with E-state index in [1.54, 1.807) is 12.1 Å². The molecule has 2 aromatic rings. The molecule has 0 radical (unpaired) electrons. The van der Waals surface area contributed by atoms with Crippen LogP contribution < -0.4 is 16.2 Å². The quantitative estimate of drug-likeness (QED) is 0.638. The molecule has 0 atom stereocenters. The number of nitrogens with zero attached hydrogens (tertiary/aromatic N) is 3. The predicted octanol–water partition coefficient (Wildman–Crippen LogP) is 2.68. The molecule has 1 aliphatic heterocycles. The number of rotatable bonds is 2. The first kappa shape index (κ1) is 17.3. The number of anilines is 1. The Morgan fingerprint density at radius 3 is 2.52 bits per heavy atom. The molecule has 4 rings (SSSR count). The van der Waals surface area contributed by atoms with Crippen molar-refractivity contribution in [2.45, 2.75) is 31.7 Å². The lowest BCUT2D eigenvalue weighted by Gasteiger charge is -2.30. The van der Waals surface area contributed by atoms with Gasteiger partial charge < -0.3 is 10.6 Å². The van der Waals surface area contributed by atoms with Gasteiger partial charge >= 0.3 is 0 Å². The van der Waals surface area contributed by atoms with Gasteiger partial charge in [-0.1, -0.05) is 36.1 Å². The minimum atomic E-state index is -0.215. The van der Waals surface area contributed by atoms with Gasteiger partial charge in [0.1, 0.15) is 5.56 Å². The van der Waals surface area contributed by atoms with Gasteiger partial charge in [0, 0.05) is 25.0 Å². The molecule has 1 saturated carbocycles. The molecule has 1 saturated heterocycles. The Bertz CT molecular complexity index is 994. The molecule has 136 valence electrons. The van der Waals surface area contributed by atoms with E-state index in [-0.39, 0.29) is 11.6 Å². The number of nitrogens with one attached hydrogen (secondary N) is 1. The number of H-pyrrole nitrogens is 1. The monoisotopic (exact) mass is 359 g/mol. The summed E-state index contributed by atoms with van der Waals surface area (Å²) in [7, 11) is 0. The summed E-state index contributed by atoms with van der Waals surface area (Å²) in [6.45, 7) is 8.66. The molecule has 1 aliphatic carbocycles. The maximum atomic E-state index is 12.8. The summed E-state index contributed by atoms with van der Waals surface area (Å²) in [5, 5.41) is 0. The Kier molecular flexibility index (Phi) is 4.66. The highest BCUT2D eigenvalue weighted by molar-refractivity contribution is 5.70. The zero-order valence-electron chi connectivity index (χ0n) is 15.0. The summed E-state index contributed by atoms with van der Waals surface area (Å²) < 4.78 is 0. The molecule has 0 amide bonds. The summed E-state index contributed by atoms with van der Waals surface area (Å²) in [6.07, 6.45) is 3.95. The molecule has 0 bridgehead atoms. The third-order valence-electron chi connectivity index (χ3n) is 4.99. The maximum absolute atomic E-state index is 12.8. The van der Waals surface area contributed by atoms with Crippen molar-refractivity contribution in [3.63, 3.8) is 0 Å². The van der Waals surface area contributed by atoms with E-state index >= 15 is 0 Å².